The lowest BCUT2D eigenvalue weighted by Gasteiger charge is -2.32. The van der Waals surface area contributed by atoms with E-state index in [0.717, 1.165) is 11.8 Å². The molecule has 1 aromatic rings. The monoisotopic (exact) mass is 136 g/mol. The Morgan fingerprint density at radius 2 is 2.50 bits per heavy atom. The lowest BCUT2D eigenvalue weighted by atomic mass is 9.73. The normalized spacial score (nSPS) is 31.7. The number of nitrogens with one attached hydrogen (secondary N) is 1. The van der Waals surface area contributed by atoms with Crippen LogP contribution >= 0.6 is 0 Å². The fourth-order valence-electron chi connectivity index (χ4n) is 1.60. The summed E-state index contributed by atoms with van der Waals surface area (Å²) in [5.41, 5.74) is 1.32. The Hall–Kier alpha value is -0.790. The minimum Gasteiger partial charge on any atom is -0.282 e. The van der Waals surface area contributed by atoms with Gasteiger partial charge in [0.2, 0.25) is 0 Å². The van der Waals surface area contributed by atoms with Gasteiger partial charge >= 0.3 is 0 Å². The van der Waals surface area contributed by atoms with Crippen molar-refractivity contribution in [3.8, 4) is 0 Å². The van der Waals surface area contributed by atoms with Gasteiger partial charge in [0.25, 0.3) is 0 Å². The first-order chi connectivity index (χ1) is 4.88. The Kier molecular flexibility index (Phi) is 1.26. The molecule has 0 saturated heterocycles. The molecule has 1 fully saturated rings. The van der Waals surface area contributed by atoms with Gasteiger partial charge in [0.1, 0.15) is 0 Å². The second kappa shape index (κ2) is 2.11. The van der Waals surface area contributed by atoms with Gasteiger partial charge in [-0.3, -0.25) is 5.10 Å². The zero-order chi connectivity index (χ0) is 6.97. The number of aromatic nitrogens is 2. The molecular weight excluding hydrogens is 124 g/mol. The summed E-state index contributed by atoms with van der Waals surface area (Å²) in [7, 11) is 0. The van der Waals surface area contributed by atoms with Crippen LogP contribution in [0.1, 0.15) is 31.4 Å². The van der Waals surface area contributed by atoms with Crippen molar-refractivity contribution in [1.29, 1.82) is 0 Å². The molecule has 0 radical (unpaired) electrons. The average Bonchev–Trinajstić information content (AvgIpc) is 2.37. The van der Waals surface area contributed by atoms with E-state index in [-0.39, 0.29) is 0 Å². The molecule has 0 spiro atoms. The quantitative estimate of drug-likeness (QED) is 0.627. The lowest BCUT2D eigenvalue weighted by Crippen LogP contribution is -2.20. The van der Waals surface area contributed by atoms with Gasteiger partial charge in [-0.1, -0.05) is 6.92 Å². The van der Waals surface area contributed by atoms with Gasteiger partial charge in [0, 0.05) is 17.8 Å². The van der Waals surface area contributed by atoms with Crippen LogP contribution < -0.4 is 0 Å². The highest BCUT2D eigenvalue weighted by molar-refractivity contribution is 5.10. The summed E-state index contributed by atoms with van der Waals surface area (Å²) < 4.78 is 0. The Morgan fingerprint density at radius 1 is 1.60 bits per heavy atom. The third-order valence-electron chi connectivity index (χ3n) is 2.54. The maximum Gasteiger partial charge on any atom is 0.0490 e. The molecule has 1 aromatic heterocycles. The van der Waals surface area contributed by atoms with Crippen LogP contribution in [0.15, 0.2) is 12.3 Å². The van der Waals surface area contributed by atoms with E-state index in [0.29, 0.717) is 0 Å². The van der Waals surface area contributed by atoms with E-state index >= 15 is 0 Å². The van der Waals surface area contributed by atoms with Crippen LogP contribution in [0, 0.1) is 5.92 Å². The van der Waals surface area contributed by atoms with Crippen molar-refractivity contribution in [3.63, 3.8) is 0 Å². The van der Waals surface area contributed by atoms with Gasteiger partial charge in [-0.2, -0.15) is 5.10 Å². The Balaban J connectivity index is 2.14. The predicted octanol–water partition coefficient (Wildman–Crippen LogP) is 1.92. The fourth-order valence-corrected chi connectivity index (χ4v) is 1.60. The highest BCUT2D eigenvalue weighted by Gasteiger charge is 2.28. The highest BCUT2D eigenvalue weighted by atomic mass is 15.1. The second-order valence-corrected chi connectivity index (χ2v) is 3.17. The van der Waals surface area contributed by atoms with Gasteiger partial charge in [0.15, 0.2) is 0 Å². The summed E-state index contributed by atoms with van der Waals surface area (Å²) in [6.45, 7) is 2.30. The maximum absolute atomic E-state index is 3.93. The van der Waals surface area contributed by atoms with Crippen LogP contribution in [-0.2, 0) is 0 Å². The average molecular weight is 136 g/mol. The zero-order valence-electron chi connectivity index (χ0n) is 6.17. The van der Waals surface area contributed by atoms with E-state index in [1.54, 1.807) is 0 Å². The highest BCUT2D eigenvalue weighted by Crippen LogP contribution is 2.40. The van der Waals surface area contributed by atoms with Crippen molar-refractivity contribution in [2.45, 2.75) is 25.7 Å². The van der Waals surface area contributed by atoms with Crippen LogP contribution in [0.4, 0.5) is 0 Å². The molecule has 54 valence electrons. The molecule has 0 unspecified atom stereocenters. The van der Waals surface area contributed by atoms with E-state index < -0.39 is 0 Å². The van der Waals surface area contributed by atoms with Gasteiger partial charge in [0.05, 0.1) is 0 Å². The molecule has 0 aliphatic heterocycles. The molecule has 0 aromatic carbocycles. The summed E-state index contributed by atoms with van der Waals surface area (Å²) in [5.74, 6) is 1.63. The van der Waals surface area contributed by atoms with E-state index in [1.165, 1.54) is 18.5 Å². The van der Waals surface area contributed by atoms with Gasteiger partial charge in [-0.15, -0.1) is 0 Å². The summed E-state index contributed by atoms with van der Waals surface area (Å²) in [6.07, 6.45) is 4.55. The molecule has 2 heteroatoms. The van der Waals surface area contributed by atoms with Gasteiger partial charge in [-0.25, -0.2) is 0 Å². The van der Waals surface area contributed by atoms with Crippen LogP contribution in [-0.4, -0.2) is 10.2 Å². The van der Waals surface area contributed by atoms with Crippen molar-refractivity contribution in [1.82, 2.24) is 10.2 Å². The Labute approximate surface area is 60.6 Å². The van der Waals surface area contributed by atoms with Crippen molar-refractivity contribution in [3.05, 3.63) is 18.0 Å². The minimum atomic E-state index is 0.766. The molecule has 0 amide bonds. The van der Waals surface area contributed by atoms with Gasteiger partial charge in [-0.05, 0) is 24.8 Å². The maximum atomic E-state index is 3.93. The standard InChI is InChI=1S/C8H12N2/c1-6-2-3-7(6)8-4-5-9-10-8/h4-7H,2-3H2,1H3,(H,9,10)/t6-,7-/m0/s1. The van der Waals surface area contributed by atoms with Crippen LogP contribution in [0.3, 0.4) is 0 Å². The second-order valence-electron chi connectivity index (χ2n) is 3.17. The third-order valence-corrected chi connectivity index (χ3v) is 2.54. The van der Waals surface area contributed by atoms with Crippen molar-refractivity contribution < 1.29 is 0 Å². The Morgan fingerprint density at radius 3 is 2.90 bits per heavy atom. The van der Waals surface area contributed by atoms with E-state index in [4.69, 9.17) is 0 Å². The number of hydrogen-bond acceptors (Lipinski definition) is 1. The number of nitrogens with zero attached hydrogens (tertiary/aromatic N) is 1. The third kappa shape index (κ3) is 0.753. The predicted molar refractivity (Wildman–Crippen MR) is 39.7 cm³/mol. The first-order valence-electron chi connectivity index (χ1n) is 3.87. The first-order valence-corrected chi connectivity index (χ1v) is 3.87. The summed E-state index contributed by atoms with van der Waals surface area (Å²) >= 11 is 0. The zero-order valence-corrected chi connectivity index (χ0v) is 6.17. The van der Waals surface area contributed by atoms with Crippen molar-refractivity contribution >= 4 is 0 Å². The molecule has 2 nitrogen and oxygen atoms in total. The largest absolute Gasteiger partial charge is 0.282 e. The smallest absolute Gasteiger partial charge is 0.0490 e. The topological polar surface area (TPSA) is 28.7 Å². The molecule has 1 aliphatic carbocycles. The minimum absolute atomic E-state index is 0.766. The molecule has 2 rings (SSSR count). The summed E-state index contributed by atoms with van der Waals surface area (Å²) in [5, 5.41) is 6.95. The molecule has 0 bridgehead atoms. The van der Waals surface area contributed by atoms with E-state index in [9.17, 15) is 0 Å². The number of H-pyrrole nitrogens is 1. The molecule has 1 aliphatic rings. The van der Waals surface area contributed by atoms with E-state index in [1.807, 2.05) is 6.20 Å². The molecule has 1 N–H and O–H groups in total. The summed E-state index contributed by atoms with van der Waals surface area (Å²) in [4.78, 5) is 0. The molecule has 10 heavy (non-hydrogen) atoms. The summed E-state index contributed by atoms with van der Waals surface area (Å²) in [6, 6.07) is 2.08. The van der Waals surface area contributed by atoms with Crippen LogP contribution in [0.2, 0.25) is 0 Å². The molecule has 2 atom stereocenters. The first kappa shape index (κ1) is 5.96. The lowest BCUT2D eigenvalue weighted by molar-refractivity contribution is 0.274. The van der Waals surface area contributed by atoms with E-state index in [2.05, 4.69) is 23.2 Å². The van der Waals surface area contributed by atoms with Crippen LogP contribution in [0.25, 0.3) is 0 Å². The number of aromatic amines is 1. The number of rotatable bonds is 1. The SMILES string of the molecule is C[C@H]1CC[C@@H]1c1ccn[nH]1. The van der Waals surface area contributed by atoms with Crippen molar-refractivity contribution in [2.75, 3.05) is 0 Å². The van der Waals surface area contributed by atoms with Crippen LogP contribution in [0.5, 0.6) is 0 Å². The molecular formula is C8H12N2. The molecule has 1 heterocycles. The van der Waals surface area contributed by atoms with Gasteiger partial charge < -0.3 is 0 Å². The fraction of sp³-hybridized carbons (Fsp3) is 0.625. The molecule has 1 saturated carbocycles. The number of hydrogen-bond donors (Lipinski definition) is 1. The van der Waals surface area contributed by atoms with Crippen molar-refractivity contribution in [2.24, 2.45) is 5.92 Å². The Bertz CT molecular complexity index is 203.